The maximum Gasteiger partial charge on any atom is 0.269 e. The number of nitro groups is 1. The normalized spacial score (nSPS) is 11.4. The minimum Gasteiger partial charge on any atom is -0.362 e. The van der Waals surface area contributed by atoms with Crippen LogP contribution in [0.2, 0.25) is 0 Å². The second-order valence-electron chi connectivity index (χ2n) is 4.37. The minimum absolute atomic E-state index is 0.0543. The lowest BCUT2D eigenvalue weighted by atomic mass is 10.0. The van der Waals surface area contributed by atoms with Gasteiger partial charge in [-0.1, -0.05) is 19.1 Å². The molecule has 106 valence electrons. The second kappa shape index (κ2) is 6.43. The number of nitro benzene ring substituents is 1. The Balaban J connectivity index is 2.21. The third-order valence-electron chi connectivity index (χ3n) is 2.99. The first kappa shape index (κ1) is 14.4. The topological polar surface area (TPSA) is 105 Å². The zero-order valence-corrected chi connectivity index (χ0v) is 11.4. The summed E-state index contributed by atoms with van der Waals surface area (Å²) in [6.07, 6.45) is 0.725. The summed E-state index contributed by atoms with van der Waals surface area (Å²) >= 11 is 0. The maximum absolute atomic E-state index is 10.8. The predicted octanol–water partition coefficient (Wildman–Crippen LogP) is 2.82. The number of nitrogens with zero attached hydrogens (tertiary/aromatic N) is 4. The van der Waals surface area contributed by atoms with Gasteiger partial charge in [0.05, 0.1) is 11.0 Å². The van der Waals surface area contributed by atoms with E-state index in [1.807, 2.05) is 19.1 Å². The van der Waals surface area contributed by atoms with Crippen LogP contribution < -0.4 is 5.32 Å². The molecule has 0 fully saturated rings. The van der Waals surface area contributed by atoms with E-state index in [1.54, 1.807) is 18.2 Å². The van der Waals surface area contributed by atoms with Gasteiger partial charge in [-0.2, -0.15) is 5.26 Å². The average molecular weight is 283 g/mol. The predicted molar refractivity (Wildman–Crippen MR) is 76.5 cm³/mol. The van der Waals surface area contributed by atoms with Gasteiger partial charge in [-0.05, 0) is 24.1 Å². The fourth-order valence-corrected chi connectivity index (χ4v) is 1.92. The molecule has 7 heteroatoms. The highest BCUT2D eigenvalue weighted by atomic mass is 16.6. The van der Waals surface area contributed by atoms with Crippen molar-refractivity contribution in [1.82, 2.24) is 10.2 Å². The number of hydrogen-bond donors (Lipinski definition) is 1. The molecular weight excluding hydrogens is 270 g/mol. The molecule has 0 aliphatic heterocycles. The zero-order valence-electron chi connectivity index (χ0n) is 11.4. The molecule has 0 amide bonds. The molecule has 0 aliphatic rings. The van der Waals surface area contributed by atoms with Crippen molar-refractivity contribution < 1.29 is 4.92 Å². The lowest BCUT2D eigenvalue weighted by Crippen LogP contribution is -2.11. The molecule has 0 aliphatic carbocycles. The molecule has 1 aromatic carbocycles. The molecule has 1 atom stereocenters. The third kappa shape index (κ3) is 3.51. The number of nitriles is 1. The van der Waals surface area contributed by atoms with Gasteiger partial charge < -0.3 is 5.32 Å². The number of nitrogens with one attached hydrogen (secondary N) is 1. The highest BCUT2D eigenvalue weighted by molar-refractivity contribution is 5.42. The van der Waals surface area contributed by atoms with Crippen LogP contribution in [-0.4, -0.2) is 15.1 Å². The average Bonchev–Trinajstić information content (AvgIpc) is 2.53. The highest BCUT2D eigenvalue weighted by Gasteiger charge is 2.14. The first-order valence-corrected chi connectivity index (χ1v) is 6.38. The molecule has 0 radical (unpaired) electrons. The number of anilines is 1. The SMILES string of the molecule is CCC(Nc1ccc(C#N)nn1)c1cccc([N+](=O)[O-])c1. The first-order valence-electron chi connectivity index (χ1n) is 6.38. The van der Waals surface area contributed by atoms with Crippen LogP contribution in [0.4, 0.5) is 11.5 Å². The maximum atomic E-state index is 10.8. The summed E-state index contributed by atoms with van der Waals surface area (Å²) in [7, 11) is 0. The Morgan fingerprint density at radius 2 is 2.19 bits per heavy atom. The Kier molecular flexibility index (Phi) is 4.41. The van der Waals surface area contributed by atoms with E-state index in [2.05, 4.69) is 15.5 Å². The molecule has 7 nitrogen and oxygen atoms in total. The molecule has 1 N–H and O–H groups in total. The van der Waals surface area contributed by atoms with Crippen molar-refractivity contribution in [2.75, 3.05) is 5.32 Å². The van der Waals surface area contributed by atoms with Crippen LogP contribution in [0.3, 0.4) is 0 Å². The molecule has 1 unspecified atom stereocenters. The van der Waals surface area contributed by atoms with Crippen molar-refractivity contribution in [1.29, 1.82) is 5.26 Å². The first-order chi connectivity index (χ1) is 10.1. The zero-order chi connectivity index (χ0) is 15.2. The van der Waals surface area contributed by atoms with Crippen molar-refractivity contribution in [3.8, 4) is 6.07 Å². The number of non-ortho nitro benzene ring substituents is 1. The van der Waals surface area contributed by atoms with Crippen LogP contribution >= 0.6 is 0 Å². The lowest BCUT2D eigenvalue weighted by molar-refractivity contribution is -0.384. The molecule has 2 aromatic rings. The summed E-state index contributed by atoms with van der Waals surface area (Å²) in [5.41, 5.74) is 1.10. The van der Waals surface area contributed by atoms with Gasteiger partial charge in [0.1, 0.15) is 11.9 Å². The van der Waals surface area contributed by atoms with Crippen LogP contribution in [-0.2, 0) is 0 Å². The molecular formula is C14H13N5O2. The Bertz CT molecular complexity index is 679. The van der Waals surface area contributed by atoms with Gasteiger partial charge in [0.2, 0.25) is 0 Å². The Labute approximate surface area is 121 Å². The van der Waals surface area contributed by atoms with E-state index in [4.69, 9.17) is 5.26 Å². The molecule has 21 heavy (non-hydrogen) atoms. The van der Waals surface area contributed by atoms with E-state index in [0.29, 0.717) is 5.82 Å². The van der Waals surface area contributed by atoms with Crippen LogP contribution in [0.5, 0.6) is 0 Å². The van der Waals surface area contributed by atoms with Gasteiger partial charge in [0, 0.05) is 12.1 Å². The fourth-order valence-electron chi connectivity index (χ4n) is 1.92. The van der Waals surface area contributed by atoms with Crippen LogP contribution in [0.25, 0.3) is 0 Å². The van der Waals surface area contributed by atoms with E-state index >= 15 is 0 Å². The van der Waals surface area contributed by atoms with Crippen LogP contribution in [0.1, 0.15) is 30.6 Å². The number of benzene rings is 1. The van der Waals surface area contributed by atoms with Crippen molar-refractivity contribution >= 4 is 11.5 Å². The molecule has 1 heterocycles. The smallest absolute Gasteiger partial charge is 0.269 e. The molecule has 2 rings (SSSR count). The van der Waals surface area contributed by atoms with E-state index in [9.17, 15) is 10.1 Å². The molecule has 0 spiro atoms. The largest absolute Gasteiger partial charge is 0.362 e. The standard InChI is InChI=1S/C14H13N5O2/c1-2-13(10-4-3-5-12(8-10)19(20)21)16-14-7-6-11(9-15)17-18-14/h3-8,13H,2H2,1H3,(H,16,18). The molecule has 0 bridgehead atoms. The third-order valence-corrected chi connectivity index (χ3v) is 2.99. The van der Waals surface area contributed by atoms with E-state index in [0.717, 1.165) is 12.0 Å². The molecule has 0 saturated carbocycles. The highest BCUT2D eigenvalue weighted by Crippen LogP contribution is 2.24. The number of rotatable bonds is 5. The number of aromatic nitrogens is 2. The molecule has 1 aromatic heterocycles. The van der Waals surface area contributed by atoms with Crippen LogP contribution in [0, 0.1) is 21.4 Å². The summed E-state index contributed by atoms with van der Waals surface area (Å²) in [6.45, 7) is 1.97. The van der Waals surface area contributed by atoms with E-state index in [1.165, 1.54) is 12.1 Å². The Morgan fingerprint density at radius 1 is 1.38 bits per heavy atom. The van der Waals surface area contributed by atoms with Gasteiger partial charge in [-0.3, -0.25) is 10.1 Å². The van der Waals surface area contributed by atoms with Crippen molar-refractivity contribution in [2.24, 2.45) is 0 Å². The van der Waals surface area contributed by atoms with E-state index < -0.39 is 4.92 Å². The van der Waals surface area contributed by atoms with Crippen molar-refractivity contribution in [3.05, 3.63) is 57.8 Å². The number of hydrogen-bond acceptors (Lipinski definition) is 6. The van der Waals surface area contributed by atoms with E-state index in [-0.39, 0.29) is 17.4 Å². The molecule has 0 saturated heterocycles. The van der Waals surface area contributed by atoms with Gasteiger partial charge in [0.25, 0.3) is 5.69 Å². The van der Waals surface area contributed by atoms with Crippen molar-refractivity contribution in [2.45, 2.75) is 19.4 Å². The van der Waals surface area contributed by atoms with Crippen molar-refractivity contribution in [3.63, 3.8) is 0 Å². The second-order valence-corrected chi connectivity index (χ2v) is 4.37. The summed E-state index contributed by atoms with van der Waals surface area (Å²) in [5.74, 6) is 0.521. The Morgan fingerprint density at radius 3 is 2.76 bits per heavy atom. The summed E-state index contributed by atoms with van der Waals surface area (Å²) in [4.78, 5) is 10.4. The summed E-state index contributed by atoms with van der Waals surface area (Å²) in [6, 6.07) is 11.5. The van der Waals surface area contributed by atoms with Gasteiger partial charge in [0.15, 0.2) is 5.69 Å². The monoisotopic (exact) mass is 283 g/mol. The fraction of sp³-hybridized carbons (Fsp3) is 0.214. The summed E-state index contributed by atoms with van der Waals surface area (Å²) in [5, 5.41) is 30.3. The summed E-state index contributed by atoms with van der Waals surface area (Å²) < 4.78 is 0. The van der Waals surface area contributed by atoms with Crippen LogP contribution in [0.15, 0.2) is 36.4 Å². The lowest BCUT2D eigenvalue weighted by Gasteiger charge is -2.17. The van der Waals surface area contributed by atoms with Gasteiger partial charge >= 0.3 is 0 Å². The van der Waals surface area contributed by atoms with Gasteiger partial charge in [-0.15, -0.1) is 10.2 Å². The minimum atomic E-state index is -0.419. The quantitative estimate of drug-likeness (QED) is 0.668. The Hall–Kier alpha value is -3.01. The van der Waals surface area contributed by atoms with Gasteiger partial charge in [-0.25, -0.2) is 0 Å².